The maximum Gasteiger partial charge on any atom is 0.343 e. The minimum atomic E-state index is -0.827. The Labute approximate surface area is 238 Å². The van der Waals surface area contributed by atoms with Gasteiger partial charge in [0.05, 0.1) is 11.1 Å². The lowest BCUT2D eigenvalue weighted by atomic mass is 9.92. The SMILES string of the molecule is O=C(Oc1ccc2ccccc2c1-c1c(OC(=O)c2cc(O)cc(O)c2)ccc2ccccc12)c1cc(O)cc(O)c1. The molecule has 0 amide bonds. The maximum absolute atomic E-state index is 13.2. The van der Waals surface area contributed by atoms with Gasteiger partial charge in [0.1, 0.15) is 34.5 Å². The molecule has 6 aromatic carbocycles. The predicted molar refractivity (Wildman–Crippen MR) is 156 cm³/mol. The van der Waals surface area contributed by atoms with Crippen LogP contribution in [0.1, 0.15) is 20.7 Å². The van der Waals surface area contributed by atoms with Gasteiger partial charge in [-0.2, -0.15) is 0 Å². The first kappa shape index (κ1) is 26.2. The summed E-state index contributed by atoms with van der Waals surface area (Å²) in [6.07, 6.45) is 0. The number of carbonyl (C=O) groups is 2. The van der Waals surface area contributed by atoms with Crippen LogP contribution in [0.25, 0.3) is 32.7 Å². The zero-order valence-corrected chi connectivity index (χ0v) is 21.8. The van der Waals surface area contributed by atoms with Crippen molar-refractivity contribution in [2.24, 2.45) is 0 Å². The number of esters is 2. The Kier molecular flexibility index (Phi) is 6.56. The molecule has 0 saturated heterocycles. The molecule has 0 heterocycles. The number of rotatable bonds is 5. The second kappa shape index (κ2) is 10.5. The van der Waals surface area contributed by atoms with E-state index in [1.165, 1.54) is 24.3 Å². The third-order valence-corrected chi connectivity index (χ3v) is 6.71. The van der Waals surface area contributed by atoms with Gasteiger partial charge in [0, 0.05) is 23.3 Å². The fourth-order valence-electron chi connectivity index (χ4n) is 4.93. The van der Waals surface area contributed by atoms with Crippen molar-refractivity contribution in [2.45, 2.75) is 0 Å². The van der Waals surface area contributed by atoms with Gasteiger partial charge in [0.2, 0.25) is 0 Å². The lowest BCUT2D eigenvalue weighted by Gasteiger charge is -2.19. The van der Waals surface area contributed by atoms with Crippen LogP contribution in [0.15, 0.2) is 109 Å². The molecule has 0 spiro atoms. The summed E-state index contributed by atoms with van der Waals surface area (Å²) in [6, 6.07) is 28.6. The lowest BCUT2D eigenvalue weighted by molar-refractivity contribution is 0.0723. The Bertz CT molecular complexity index is 1840. The van der Waals surface area contributed by atoms with Gasteiger partial charge in [-0.25, -0.2) is 9.59 Å². The van der Waals surface area contributed by atoms with Crippen LogP contribution in [-0.2, 0) is 0 Å². The number of phenols is 4. The minimum absolute atomic E-state index is 0.0696. The van der Waals surface area contributed by atoms with Gasteiger partial charge >= 0.3 is 11.9 Å². The minimum Gasteiger partial charge on any atom is -0.508 e. The molecule has 0 aliphatic carbocycles. The number of fused-ring (bicyclic) bond motifs is 2. The first-order chi connectivity index (χ1) is 20.3. The van der Waals surface area contributed by atoms with Gasteiger partial charge in [0.25, 0.3) is 0 Å². The molecule has 0 aliphatic rings. The van der Waals surface area contributed by atoms with E-state index in [0.29, 0.717) is 21.9 Å². The number of carbonyl (C=O) groups excluding carboxylic acids is 2. The van der Waals surface area contributed by atoms with Crippen molar-refractivity contribution in [3.8, 4) is 45.6 Å². The van der Waals surface area contributed by atoms with E-state index in [0.717, 1.165) is 22.9 Å². The van der Waals surface area contributed by atoms with Gasteiger partial charge in [-0.1, -0.05) is 60.7 Å². The Morgan fingerprint density at radius 3 is 1.19 bits per heavy atom. The summed E-state index contributed by atoms with van der Waals surface area (Å²) in [5, 5.41) is 42.7. The summed E-state index contributed by atoms with van der Waals surface area (Å²) < 4.78 is 11.7. The second-order valence-electron chi connectivity index (χ2n) is 9.57. The van der Waals surface area contributed by atoms with Crippen molar-refractivity contribution in [1.82, 2.24) is 0 Å². The Hall–Kier alpha value is -6.02. The highest BCUT2D eigenvalue weighted by Crippen LogP contribution is 2.46. The molecule has 206 valence electrons. The van der Waals surface area contributed by atoms with E-state index < -0.39 is 11.9 Å². The topological polar surface area (TPSA) is 134 Å². The number of hydrogen-bond donors (Lipinski definition) is 4. The fourth-order valence-corrected chi connectivity index (χ4v) is 4.93. The number of benzene rings is 6. The smallest absolute Gasteiger partial charge is 0.343 e. The molecular formula is C34H22O8. The highest BCUT2D eigenvalue weighted by molar-refractivity contribution is 6.11. The summed E-state index contributed by atoms with van der Waals surface area (Å²) in [4.78, 5) is 26.5. The predicted octanol–water partition coefficient (Wildman–Crippen LogP) is 6.92. The summed E-state index contributed by atoms with van der Waals surface area (Å²) in [5.74, 6) is -2.58. The van der Waals surface area contributed by atoms with Crippen LogP contribution in [0, 0.1) is 0 Å². The molecule has 6 rings (SSSR count). The van der Waals surface area contributed by atoms with Crippen LogP contribution in [-0.4, -0.2) is 32.4 Å². The maximum atomic E-state index is 13.2. The molecule has 0 radical (unpaired) electrons. The van der Waals surface area contributed by atoms with Crippen LogP contribution in [0.2, 0.25) is 0 Å². The normalized spacial score (nSPS) is 11.0. The van der Waals surface area contributed by atoms with Crippen molar-refractivity contribution in [1.29, 1.82) is 0 Å². The van der Waals surface area contributed by atoms with E-state index in [1.54, 1.807) is 24.3 Å². The van der Waals surface area contributed by atoms with E-state index >= 15 is 0 Å². The molecule has 0 unspecified atom stereocenters. The van der Waals surface area contributed by atoms with Crippen LogP contribution in [0.4, 0.5) is 0 Å². The average Bonchev–Trinajstić information content (AvgIpc) is 2.96. The van der Waals surface area contributed by atoms with Crippen LogP contribution in [0.3, 0.4) is 0 Å². The van der Waals surface area contributed by atoms with Crippen molar-refractivity contribution >= 4 is 33.5 Å². The van der Waals surface area contributed by atoms with E-state index in [9.17, 15) is 30.0 Å². The van der Waals surface area contributed by atoms with Crippen molar-refractivity contribution in [3.05, 3.63) is 120 Å². The second-order valence-corrected chi connectivity index (χ2v) is 9.57. The average molecular weight is 559 g/mol. The van der Waals surface area contributed by atoms with E-state index in [2.05, 4.69) is 0 Å². The number of hydrogen-bond acceptors (Lipinski definition) is 8. The monoisotopic (exact) mass is 558 g/mol. The molecular weight excluding hydrogens is 536 g/mol. The van der Waals surface area contributed by atoms with Gasteiger partial charge in [-0.05, 0) is 57.9 Å². The van der Waals surface area contributed by atoms with E-state index in [4.69, 9.17) is 9.47 Å². The van der Waals surface area contributed by atoms with Crippen molar-refractivity contribution < 1.29 is 39.5 Å². The molecule has 0 bridgehead atoms. The third-order valence-electron chi connectivity index (χ3n) is 6.71. The third kappa shape index (κ3) is 5.00. The molecule has 6 aromatic rings. The van der Waals surface area contributed by atoms with Gasteiger partial charge in [-0.15, -0.1) is 0 Å². The molecule has 0 atom stereocenters. The molecule has 0 aliphatic heterocycles. The quantitative estimate of drug-likeness (QED) is 0.132. The first-order valence-electron chi connectivity index (χ1n) is 12.8. The Morgan fingerprint density at radius 1 is 0.452 bits per heavy atom. The molecule has 42 heavy (non-hydrogen) atoms. The zero-order chi connectivity index (χ0) is 29.4. The lowest BCUT2D eigenvalue weighted by Crippen LogP contribution is -2.11. The molecule has 4 N–H and O–H groups in total. The highest BCUT2D eigenvalue weighted by atomic mass is 16.5. The zero-order valence-electron chi connectivity index (χ0n) is 21.8. The van der Waals surface area contributed by atoms with Crippen LogP contribution >= 0.6 is 0 Å². The summed E-state index contributed by atoms with van der Waals surface area (Å²) in [6.45, 7) is 0. The standard InChI is InChI=1S/C34H22O8/c35-23-13-21(14-24(36)17-23)33(39)41-29-11-9-19-5-1-3-7-27(19)31(29)32-28-8-4-2-6-20(28)10-12-30(32)42-34(40)22-15-25(37)18-26(38)16-22/h1-18,35-38H. The fraction of sp³-hybridized carbons (Fsp3) is 0. The molecule has 8 heteroatoms. The summed E-state index contributed by atoms with van der Waals surface area (Å²) in [7, 11) is 0. The van der Waals surface area contributed by atoms with Gasteiger partial charge in [0.15, 0.2) is 0 Å². The van der Waals surface area contributed by atoms with Crippen LogP contribution < -0.4 is 9.47 Å². The Balaban J connectivity index is 1.56. The summed E-state index contributed by atoms with van der Waals surface area (Å²) in [5.41, 5.74) is 0.785. The number of aromatic hydroxyl groups is 4. The van der Waals surface area contributed by atoms with E-state index in [1.807, 2.05) is 48.5 Å². The molecule has 0 aromatic heterocycles. The van der Waals surface area contributed by atoms with Crippen molar-refractivity contribution in [2.75, 3.05) is 0 Å². The Morgan fingerprint density at radius 2 is 0.810 bits per heavy atom. The van der Waals surface area contributed by atoms with Gasteiger partial charge < -0.3 is 29.9 Å². The summed E-state index contributed by atoms with van der Waals surface area (Å²) >= 11 is 0. The highest BCUT2D eigenvalue weighted by Gasteiger charge is 2.23. The molecule has 0 saturated carbocycles. The first-order valence-corrected chi connectivity index (χ1v) is 12.8. The van der Waals surface area contributed by atoms with Gasteiger partial charge in [-0.3, -0.25) is 0 Å². The van der Waals surface area contributed by atoms with E-state index in [-0.39, 0.29) is 45.6 Å². The molecule has 8 nitrogen and oxygen atoms in total. The van der Waals surface area contributed by atoms with Crippen molar-refractivity contribution in [3.63, 3.8) is 0 Å². The molecule has 0 fully saturated rings. The largest absolute Gasteiger partial charge is 0.508 e. The number of ether oxygens (including phenoxy) is 2. The number of phenolic OH excluding ortho intramolecular Hbond substituents is 4. The van der Waals surface area contributed by atoms with Crippen LogP contribution in [0.5, 0.6) is 34.5 Å².